The molecule has 1 aromatic heterocycles. The highest BCUT2D eigenvalue weighted by Gasteiger charge is 2.27. The Morgan fingerprint density at radius 2 is 1.78 bits per heavy atom. The topological polar surface area (TPSA) is 69.3 Å². The number of carbonyl (C=O) groups excluding carboxylic acids is 1. The first-order chi connectivity index (χ1) is 13.0. The van der Waals surface area contributed by atoms with Gasteiger partial charge in [-0.1, -0.05) is 37.6 Å². The molecule has 144 valence electrons. The number of hydrogen-bond acceptors (Lipinski definition) is 4. The van der Waals surface area contributed by atoms with Crippen LogP contribution in [0.25, 0.3) is 0 Å². The SMILES string of the molecule is CCc1n[nH]c(=O)c(C(=O)N2CCN(Cc3ccc(Cl)cc3)CC2)c1CC. The van der Waals surface area contributed by atoms with Gasteiger partial charge < -0.3 is 4.90 Å². The molecule has 0 radical (unpaired) electrons. The second-order valence-electron chi connectivity index (χ2n) is 6.75. The Morgan fingerprint density at radius 3 is 2.37 bits per heavy atom. The monoisotopic (exact) mass is 388 g/mol. The summed E-state index contributed by atoms with van der Waals surface area (Å²) in [4.78, 5) is 29.4. The molecule has 0 bridgehead atoms. The Kier molecular flexibility index (Phi) is 6.29. The number of aromatic amines is 1. The maximum atomic E-state index is 13.0. The molecule has 1 saturated heterocycles. The number of rotatable bonds is 5. The van der Waals surface area contributed by atoms with Crippen molar-refractivity contribution in [2.24, 2.45) is 0 Å². The third-order valence-corrected chi connectivity index (χ3v) is 5.30. The largest absolute Gasteiger partial charge is 0.336 e. The third-order valence-electron chi connectivity index (χ3n) is 5.05. The van der Waals surface area contributed by atoms with Crippen LogP contribution in [0.3, 0.4) is 0 Å². The molecular weight excluding hydrogens is 364 g/mol. The van der Waals surface area contributed by atoms with E-state index in [1.807, 2.05) is 38.1 Å². The fraction of sp³-hybridized carbons (Fsp3) is 0.450. The summed E-state index contributed by atoms with van der Waals surface area (Å²) in [7, 11) is 0. The molecule has 2 heterocycles. The van der Waals surface area contributed by atoms with E-state index in [1.165, 1.54) is 5.56 Å². The maximum absolute atomic E-state index is 13.0. The first kappa shape index (κ1) is 19.6. The number of aryl methyl sites for hydroxylation is 1. The average molecular weight is 389 g/mol. The summed E-state index contributed by atoms with van der Waals surface area (Å²) in [5.74, 6) is -0.184. The molecule has 0 aliphatic carbocycles. The zero-order chi connectivity index (χ0) is 19.4. The molecule has 1 amide bonds. The van der Waals surface area contributed by atoms with Gasteiger partial charge in [-0.2, -0.15) is 5.10 Å². The highest BCUT2D eigenvalue weighted by molar-refractivity contribution is 6.30. The van der Waals surface area contributed by atoms with E-state index in [9.17, 15) is 9.59 Å². The number of amides is 1. The summed E-state index contributed by atoms with van der Waals surface area (Å²) < 4.78 is 0. The zero-order valence-electron chi connectivity index (χ0n) is 15.8. The number of halogens is 1. The Bertz CT molecular complexity index is 855. The van der Waals surface area contributed by atoms with Gasteiger partial charge in [0.1, 0.15) is 5.56 Å². The van der Waals surface area contributed by atoms with Crippen LogP contribution >= 0.6 is 11.6 Å². The van der Waals surface area contributed by atoms with Crippen molar-refractivity contribution < 1.29 is 4.79 Å². The van der Waals surface area contributed by atoms with Gasteiger partial charge in [0.2, 0.25) is 0 Å². The normalized spacial score (nSPS) is 15.1. The van der Waals surface area contributed by atoms with E-state index in [4.69, 9.17) is 11.6 Å². The van der Waals surface area contributed by atoms with Crippen molar-refractivity contribution in [1.82, 2.24) is 20.0 Å². The number of nitrogens with one attached hydrogen (secondary N) is 1. The third kappa shape index (κ3) is 4.39. The first-order valence-electron chi connectivity index (χ1n) is 9.40. The first-order valence-corrected chi connectivity index (χ1v) is 9.77. The molecule has 0 saturated carbocycles. The van der Waals surface area contributed by atoms with Gasteiger partial charge in [-0.15, -0.1) is 0 Å². The Morgan fingerprint density at radius 1 is 1.11 bits per heavy atom. The van der Waals surface area contributed by atoms with E-state index in [1.54, 1.807) is 4.90 Å². The number of carbonyl (C=O) groups is 1. The van der Waals surface area contributed by atoms with Crippen molar-refractivity contribution >= 4 is 17.5 Å². The molecule has 7 heteroatoms. The van der Waals surface area contributed by atoms with Crippen molar-refractivity contribution in [3.8, 4) is 0 Å². The smallest absolute Gasteiger partial charge is 0.277 e. The van der Waals surface area contributed by atoms with Crippen LogP contribution in [-0.2, 0) is 19.4 Å². The van der Waals surface area contributed by atoms with Crippen LogP contribution in [-0.4, -0.2) is 52.1 Å². The number of nitrogens with zero attached hydrogens (tertiary/aromatic N) is 3. The number of hydrogen-bond donors (Lipinski definition) is 1. The van der Waals surface area contributed by atoms with E-state index < -0.39 is 5.56 Å². The van der Waals surface area contributed by atoms with E-state index in [0.29, 0.717) is 25.9 Å². The molecule has 0 spiro atoms. The summed E-state index contributed by atoms with van der Waals surface area (Å²) in [6.45, 7) is 7.53. The minimum Gasteiger partial charge on any atom is -0.336 e. The minimum absolute atomic E-state index is 0.184. The van der Waals surface area contributed by atoms with Crippen molar-refractivity contribution in [1.29, 1.82) is 0 Å². The van der Waals surface area contributed by atoms with Crippen LogP contribution in [0, 0.1) is 0 Å². The lowest BCUT2D eigenvalue weighted by molar-refractivity contribution is 0.0625. The second kappa shape index (κ2) is 8.67. The molecule has 1 aromatic carbocycles. The molecule has 1 N–H and O–H groups in total. The molecular formula is C20H25ClN4O2. The van der Waals surface area contributed by atoms with Crippen LogP contribution < -0.4 is 5.56 Å². The molecule has 1 aliphatic rings. The van der Waals surface area contributed by atoms with Crippen LogP contribution in [0.2, 0.25) is 5.02 Å². The minimum atomic E-state index is -0.391. The lowest BCUT2D eigenvalue weighted by Gasteiger charge is -2.35. The van der Waals surface area contributed by atoms with Crippen molar-refractivity contribution in [2.75, 3.05) is 26.2 Å². The highest BCUT2D eigenvalue weighted by atomic mass is 35.5. The van der Waals surface area contributed by atoms with Crippen molar-refractivity contribution in [3.05, 3.63) is 62.0 Å². The van der Waals surface area contributed by atoms with E-state index in [-0.39, 0.29) is 11.5 Å². The average Bonchev–Trinajstić information content (AvgIpc) is 2.69. The van der Waals surface area contributed by atoms with Crippen molar-refractivity contribution in [3.63, 3.8) is 0 Å². The Hall–Kier alpha value is -2.18. The van der Waals surface area contributed by atoms with Gasteiger partial charge in [0, 0.05) is 37.7 Å². The number of piperazine rings is 1. The molecule has 27 heavy (non-hydrogen) atoms. The lowest BCUT2D eigenvalue weighted by Crippen LogP contribution is -2.49. The standard InChI is InChI=1S/C20H25ClN4O2/c1-3-16-17(4-2)22-23-19(26)18(16)20(27)25-11-9-24(10-12-25)13-14-5-7-15(21)8-6-14/h5-8H,3-4,9-13H2,1-2H3,(H,23,26). The summed E-state index contributed by atoms with van der Waals surface area (Å²) in [5, 5.41) is 7.31. The van der Waals surface area contributed by atoms with Crippen LogP contribution in [0.5, 0.6) is 0 Å². The summed E-state index contributed by atoms with van der Waals surface area (Å²) in [6, 6.07) is 7.83. The molecule has 1 aliphatic heterocycles. The van der Waals surface area contributed by atoms with Gasteiger partial charge in [0.05, 0.1) is 5.69 Å². The predicted molar refractivity (Wildman–Crippen MR) is 106 cm³/mol. The fourth-order valence-corrected chi connectivity index (χ4v) is 3.66. The molecule has 0 unspecified atom stereocenters. The summed E-state index contributed by atoms with van der Waals surface area (Å²) >= 11 is 5.94. The molecule has 2 aromatic rings. The van der Waals surface area contributed by atoms with E-state index in [0.717, 1.165) is 35.9 Å². The molecule has 0 atom stereocenters. The second-order valence-corrected chi connectivity index (χ2v) is 7.19. The van der Waals surface area contributed by atoms with Crippen LogP contribution in [0.15, 0.2) is 29.1 Å². The summed E-state index contributed by atoms with van der Waals surface area (Å²) in [6.07, 6.45) is 1.31. The quantitative estimate of drug-likeness (QED) is 0.854. The Balaban J connectivity index is 1.68. The van der Waals surface area contributed by atoms with Crippen LogP contribution in [0.1, 0.15) is 41.0 Å². The van der Waals surface area contributed by atoms with Gasteiger partial charge >= 0.3 is 0 Å². The predicted octanol–water partition coefficient (Wildman–Crippen LogP) is 2.51. The van der Waals surface area contributed by atoms with Gasteiger partial charge in [-0.3, -0.25) is 14.5 Å². The van der Waals surface area contributed by atoms with Gasteiger partial charge in [-0.05, 0) is 36.1 Å². The van der Waals surface area contributed by atoms with Gasteiger partial charge in [0.15, 0.2) is 0 Å². The number of H-pyrrole nitrogens is 1. The molecule has 3 rings (SSSR count). The maximum Gasteiger partial charge on any atom is 0.277 e. The van der Waals surface area contributed by atoms with E-state index >= 15 is 0 Å². The highest BCUT2D eigenvalue weighted by Crippen LogP contribution is 2.16. The zero-order valence-corrected chi connectivity index (χ0v) is 16.6. The number of benzene rings is 1. The van der Waals surface area contributed by atoms with Gasteiger partial charge in [-0.25, -0.2) is 5.10 Å². The number of aromatic nitrogens is 2. The fourth-order valence-electron chi connectivity index (χ4n) is 3.54. The molecule has 1 fully saturated rings. The van der Waals surface area contributed by atoms with Gasteiger partial charge in [0.25, 0.3) is 11.5 Å². The Labute approximate surface area is 164 Å². The lowest BCUT2D eigenvalue weighted by atomic mass is 10.0. The van der Waals surface area contributed by atoms with E-state index in [2.05, 4.69) is 15.1 Å². The summed E-state index contributed by atoms with van der Waals surface area (Å²) in [5.41, 5.74) is 2.63. The molecule has 6 nitrogen and oxygen atoms in total. The van der Waals surface area contributed by atoms with Crippen LogP contribution in [0.4, 0.5) is 0 Å². The van der Waals surface area contributed by atoms with Crippen molar-refractivity contribution in [2.45, 2.75) is 33.2 Å².